The van der Waals surface area contributed by atoms with Gasteiger partial charge in [-0.3, -0.25) is 9.88 Å². The Hall–Kier alpha value is -2.02. The van der Waals surface area contributed by atoms with Crippen molar-refractivity contribution < 1.29 is 14.6 Å². The summed E-state index contributed by atoms with van der Waals surface area (Å²) in [6, 6.07) is 7.34. The normalized spacial score (nSPS) is 15.8. The van der Waals surface area contributed by atoms with E-state index in [-0.39, 0.29) is 5.56 Å². The molecule has 5 nitrogen and oxygen atoms in total. The zero-order valence-electron chi connectivity index (χ0n) is 13.9. The van der Waals surface area contributed by atoms with Crippen molar-refractivity contribution in [3.63, 3.8) is 0 Å². The smallest absolute Gasteiger partial charge is 0.335 e. The van der Waals surface area contributed by atoms with Gasteiger partial charge in [0.15, 0.2) is 0 Å². The van der Waals surface area contributed by atoms with Crippen LogP contribution < -0.4 is 0 Å². The van der Waals surface area contributed by atoms with Crippen molar-refractivity contribution >= 4 is 38.3 Å². The standard InChI is InChI=1S/C19H20N2O3S/c22-19(23)13-3-4-14-17(12-13)20-16(15-5-11-25-18(14)15)2-1-6-21-7-9-24-10-8-21/h3-5,11-12H,1-2,6-10H2,(H,22,23). The second-order valence-electron chi connectivity index (χ2n) is 6.32. The number of ether oxygens (including phenoxy) is 1. The second-order valence-corrected chi connectivity index (χ2v) is 7.23. The average Bonchev–Trinajstić information content (AvgIpc) is 3.12. The highest BCUT2D eigenvalue weighted by Gasteiger charge is 2.14. The first kappa shape index (κ1) is 16.4. The lowest BCUT2D eigenvalue weighted by atomic mass is 10.1. The first-order valence-electron chi connectivity index (χ1n) is 8.55. The molecule has 0 unspecified atom stereocenters. The Balaban J connectivity index is 1.61. The van der Waals surface area contributed by atoms with Gasteiger partial charge in [0.1, 0.15) is 0 Å². The molecule has 1 aliphatic rings. The van der Waals surface area contributed by atoms with Crippen LogP contribution in [0.25, 0.3) is 21.0 Å². The van der Waals surface area contributed by atoms with Crippen molar-refractivity contribution in [3.8, 4) is 0 Å². The van der Waals surface area contributed by atoms with E-state index in [9.17, 15) is 9.90 Å². The highest BCUT2D eigenvalue weighted by Crippen LogP contribution is 2.32. The number of aromatic nitrogens is 1. The predicted octanol–water partition coefficient (Wildman–Crippen LogP) is 3.41. The maximum absolute atomic E-state index is 11.2. The second kappa shape index (κ2) is 7.07. The van der Waals surface area contributed by atoms with E-state index in [1.54, 1.807) is 23.5 Å². The van der Waals surface area contributed by atoms with Crippen molar-refractivity contribution in [2.45, 2.75) is 12.8 Å². The molecule has 25 heavy (non-hydrogen) atoms. The van der Waals surface area contributed by atoms with E-state index in [1.165, 1.54) is 10.1 Å². The van der Waals surface area contributed by atoms with Crippen LogP contribution in [-0.4, -0.2) is 53.8 Å². The number of morpholine rings is 1. The van der Waals surface area contributed by atoms with Gasteiger partial charge in [0.05, 0.1) is 24.3 Å². The molecule has 0 radical (unpaired) electrons. The van der Waals surface area contributed by atoms with Crippen LogP contribution in [0.5, 0.6) is 0 Å². The van der Waals surface area contributed by atoms with Crippen molar-refractivity contribution in [2.75, 3.05) is 32.8 Å². The molecule has 0 atom stereocenters. The van der Waals surface area contributed by atoms with Crippen LogP contribution in [0.1, 0.15) is 22.5 Å². The lowest BCUT2D eigenvalue weighted by Gasteiger charge is -2.26. The molecule has 4 rings (SSSR count). The summed E-state index contributed by atoms with van der Waals surface area (Å²) in [6.07, 6.45) is 1.94. The Morgan fingerprint density at radius 3 is 2.88 bits per heavy atom. The highest BCUT2D eigenvalue weighted by atomic mass is 32.1. The van der Waals surface area contributed by atoms with Crippen LogP contribution in [0.2, 0.25) is 0 Å². The summed E-state index contributed by atoms with van der Waals surface area (Å²) in [7, 11) is 0. The fourth-order valence-electron chi connectivity index (χ4n) is 3.39. The van der Waals surface area contributed by atoms with Gasteiger partial charge in [0.25, 0.3) is 0 Å². The van der Waals surface area contributed by atoms with E-state index in [2.05, 4.69) is 16.3 Å². The Kier molecular flexibility index (Phi) is 4.65. The number of pyridine rings is 1. The van der Waals surface area contributed by atoms with E-state index in [0.717, 1.165) is 62.3 Å². The van der Waals surface area contributed by atoms with Gasteiger partial charge in [-0.1, -0.05) is 6.07 Å². The fraction of sp³-hybridized carbons (Fsp3) is 0.368. The largest absolute Gasteiger partial charge is 0.478 e. The van der Waals surface area contributed by atoms with E-state index < -0.39 is 5.97 Å². The SMILES string of the molecule is O=C(O)c1ccc2c(c1)nc(CCCN1CCOCC1)c1ccsc12. The molecule has 0 aliphatic carbocycles. The Labute approximate surface area is 149 Å². The van der Waals surface area contributed by atoms with Gasteiger partial charge in [0, 0.05) is 34.3 Å². The van der Waals surface area contributed by atoms with Gasteiger partial charge < -0.3 is 9.84 Å². The molecule has 1 saturated heterocycles. The van der Waals surface area contributed by atoms with E-state index in [1.807, 2.05) is 6.07 Å². The summed E-state index contributed by atoms with van der Waals surface area (Å²) < 4.78 is 6.59. The van der Waals surface area contributed by atoms with Crippen LogP contribution >= 0.6 is 11.3 Å². The van der Waals surface area contributed by atoms with Crippen molar-refractivity contribution in [2.24, 2.45) is 0 Å². The first-order chi connectivity index (χ1) is 12.2. The number of nitrogens with zero attached hydrogens (tertiary/aromatic N) is 2. The number of carboxylic acid groups (broad SMARTS) is 1. The summed E-state index contributed by atoms with van der Waals surface area (Å²) in [5.41, 5.74) is 2.13. The summed E-state index contributed by atoms with van der Waals surface area (Å²) in [6.45, 7) is 4.69. The lowest BCUT2D eigenvalue weighted by molar-refractivity contribution is 0.0374. The summed E-state index contributed by atoms with van der Waals surface area (Å²) >= 11 is 1.69. The van der Waals surface area contributed by atoms with Gasteiger partial charge in [0.2, 0.25) is 0 Å². The summed E-state index contributed by atoms with van der Waals surface area (Å²) in [5, 5.41) is 13.5. The van der Waals surface area contributed by atoms with E-state index >= 15 is 0 Å². The number of aryl methyl sites for hydroxylation is 1. The van der Waals surface area contributed by atoms with Crippen LogP contribution in [-0.2, 0) is 11.2 Å². The summed E-state index contributed by atoms with van der Waals surface area (Å²) in [4.78, 5) is 18.5. The molecular formula is C19H20N2O3S. The molecule has 1 fully saturated rings. The molecule has 0 saturated carbocycles. The Morgan fingerprint density at radius 1 is 1.24 bits per heavy atom. The molecule has 0 amide bonds. The number of thiophene rings is 1. The third-order valence-electron chi connectivity index (χ3n) is 4.71. The minimum atomic E-state index is -0.913. The zero-order chi connectivity index (χ0) is 17.2. The minimum absolute atomic E-state index is 0.287. The van der Waals surface area contributed by atoms with Gasteiger partial charge >= 0.3 is 5.97 Å². The van der Waals surface area contributed by atoms with Crippen LogP contribution in [0.4, 0.5) is 0 Å². The highest BCUT2D eigenvalue weighted by molar-refractivity contribution is 7.18. The Morgan fingerprint density at radius 2 is 2.08 bits per heavy atom. The molecule has 2 aromatic heterocycles. The third-order valence-corrected chi connectivity index (χ3v) is 5.66. The third kappa shape index (κ3) is 3.38. The number of hydrogen-bond donors (Lipinski definition) is 1. The monoisotopic (exact) mass is 356 g/mol. The number of fused-ring (bicyclic) bond motifs is 3. The first-order valence-corrected chi connectivity index (χ1v) is 9.43. The molecular weight excluding hydrogens is 336 g/mol. The molecule has 3 aromatic rings. The number of hydrogen-bond acceptors (Lipinski definition) is 5. The number of rotatable bonds is 5. The number of carbonyl (C=O) groups is 1. The molecule has 0 spiro atoms. The topological polar surface area (TPSA) is 62.7 Å². The van der Waals surface area contributed by atoms with Gasteiger partial charge in [-0.25, -0.2) is 4.79 Å². The molecule has 1 N–H and O–H groups in total. The summed E-state index contributed by atoms with van der Waals surface area (Å²) in [5.74, 6) is -0.913. The van der Waals surface area contributed by atoms with Crippen molar-refractivity contribution in [1.29, 1.82) is 0 Å². The predicted molar refractivity (Wildman–Crippen MR) is 99.7 cm³/mol. The maximum Gasteiger partial charge on any atom is 0.335 e. The van der Waals surface area contributed by atoms with Gasteiger partial charge in [-0.15, -0.1) is 11.3 Å². The number of aromatic carboxylic acids is 1. The van der Waals surface area contributed by atoms with Gasteiger partial charge in [-0.05, 0) is 43.0 Å². The van der Waals surface area contributed by atoms with Crippen LogP contribution in [0.3, 0.4) is 0 Å². The molecule has 3 heterocycles. The van der Waals surface area contributed by atoms with E-state index in [4.69, 9.17) is 9.72 Å². The van der Waals surface area contributed by atoms with Gasteiger partial charge in [-0.2, -0.15) is 0 Å². The lowest BCUT2D eigenvalue weighted by Crippen LogP contribution is -2.36. The fourth-order valence-corrected chi connectivity index (χ4v) is 4.34. The molecule has 6 heteroatoms. The number of benzene rings is 1. The molecule has 1 aliphatic heterocycles. The Bertz CT molecular complexity index is 916. The van der Waals surface area contributed by atoms with E-state index in [0.29, 0.717) is 0 Å². The van der Waals surface area contributed by atoms with Crippen molar-refractivity contribution in [1.82, 2.24) is 9.88 Å². The van der Waals surface area contributed by atoms with Crippen molar-refractivity contribution in [3.05, 3.63) is 40.9 Å². The maximum atomic E-state index is 11.2. The van der Waals surface area contributed by atoms with Crippen LogP contribution in [0, 0.1) is 0 Å². The molecule has 130 valence electrons. The molecule has 1 aromatic carbocycles. The number of carboxylic acids is 1. The molecule has 0 bridgehead atoms. The zero-order valence-corrected chi connectivity index (χ0v) is 14.7. The van der Waals surface area contributed by atoms with Crippen LogP contribution in [0.15, 0.2) is 29.6 Å². The average molecular weight is 356 g/mol. The minimum Gasteiger partial charge on any atom is -0.478 e. The quantitative estimate of drug-likeness (QED) is 0.759.